The zero-order valence-corrected chi connectivity index (χ0v) is 22.3. The fourth-order valence-electron chi connectivity index (χ4n) is 6.44. The number of carboxylic acids is 4. The molecule has 1 spiro atoms. The molecule has 8 heteroatoms. The largest absolute Gasteiger partial charge is 0.478 e. The van der Waals surface area contributed by atoms with Crippen LogP contribution in [0.1, 0.15) is 90.0 Å². The van der Waals surface area contributed by atoms with E-state index in [4.69, 9.17) is 0 Å². The van der Waals surface area contributed by atoms with E-state index in [2.05, 4.69) is 20.8 Å². The number of rotatable bonds is 4. The highest BCUT2D eigenvalue weighted by Gasteiger charge is 2.53. The molecule has 0 bridgehead atoms. The highest BCUT2D eigenvalue weighted by molar-refractivity contribution is 6.08. The molecular weight excluding hydrogens is 524 g/mol. The van der Waals surface area contributed by atoms with Crippen LogP contribution in [0.4, 0.5) is 0 Å². The predicted octanol–water partition coefficient (Wildman–Crippen LogP) is 6.12. The van der Waals surface area contributed by atoms with Crippen LogP contribution in [0.2, 0.25) is 0 Å². The van der Waals surface area contributed by atoms with Gasteiger partial charge in [-0.05, 0) is 79.8 Å². The number of benzene rings is 4. The molecule has 4 aromatic rings. The maximum atomic E-state index is 12.3. The van der Waals surface area contributed by atoms with E-state index in [-0.39, 0.29) is 5.41 Å². The molecule has 4 aromatic carbocycles. The first-order valence-corrected chi connectivity index (χ1v) is 12.8. The van der Waals surface area contributed by atoms with Crippen LogP contribution in [-0.4, -0.2) is 44.3 Å². The number of carboxylic acid groups (broad SMARTS) is 4. The number of hydrogen-bond acceptors (Lipinski definition) is 4. The third-order valence-electron chi connectivity index (χ3n) is 8.25. The number of carbonyl (C=O) groups is 4. The van der Waals surface area contributed by atoms with Gasteiger partial charge >= 0.3 is 23.9 Å². The Labute approximate surface area is 234 Å². The summed E-state index contributed by atoms with van der Waals surface area (Å²) in [6.45, 7) is 6.18. The second-order valence-electron chi connectivity index (χ2n) is 11.4. The van der Waals surface area contributed by atoms with Crippen LogP contribution >= 0.6 is 0 Å². The monoisotopic (exact) mass is 548 g/mol. The van der Waals surface area contributed by atoms with Gasteiger partial charge in [-0.15, -0.1) is 0 Å². The Balaban J connectivity index is 1.88. The van der Waals surface area contributed by atoms with Gasteiger partial charge in [-0.2, -0.15) is 0 Å². The van der Waals surface area contributed by atoms with Crippen LogP contribution in [0, 0.1) is 0 Å². The molecule has 41 heavy (non-hydrogen) atoms. The Kier molecular flexibility index (Phi) is 5.32. The molecule has 0 atom stereocenters. The van der Waals surface area contributed by atoms with Crippen LogP contribution in [-0.2, 0) is 10.8 Å². The number of hydrogen-bond donors (Lipinski definition) is 4. The van der Waals surface area contributed by atoms with Crippen molar-refractivity contribution in [3.8, 4) is 22.3 Å². The molecule has 0 aromatic heterocycles. The molecule has 204 valence electrons. The first-order valence-electron chi connectivity index (χ1n) is 12.8. The normalized spacial score (nSPS) is 13.7. The average Bonchev–Trinajstić information content (AvgIpc) is 3.36. The van der Waals surface area contributed by atoms with Gasteiger partial charge in [0.1, 0.15) is 0 Å². The third-order valence-corrected chi connectivity index (χ3v) is 8.25. The Morgan fingerprint density at radius 3 is 1.39 bits per heavy atom. The van der Waals surface area contributed by atoms with Crippen molar-refractivity contribution in [2.75, 3.05) is 0 Å². The minimum atomic E-state index is -1.45. The molecule has 0 saturated carbocycles. The second kappa shape index (κ2) is 8.38. The third kappa shape index (κ3) is 3.40. The van der Waals surface area contributed by atoms with Crippen molar-refractivity contribution in [3.63, 3.8) is 0 Å². The molecule has 0 amide bonds. The predicted molar refractivity (Wildman–Crippen MR) is 149 cm³/mol. The van der Waals surface area contributed by atoms with Gasteiger partial charge in [-0.3, -0.25) is 0 Å². The molecule has 6 rings (SSSR count). The van der Waals surface area contributed by atoms with Crippen molar-refractivity contribution in [3.05, 3.63) is 117 Å². The average molecular weight is 549 g/mol. The van der Waals surface area contributed by atoms with Gasteiger partial charge in [-0.1, -0.05) is 63.2 Å². The Hall–Kier alpha value is -5.24. The lowest BCUT2D eigenvalue weighted by atomic mass is 9.69. The molecule has 0 saturated heterocycles. The minimum Gasteiger partial charge on any atom is -0.478 e. The SMILES string of the molecule is CC(C)(C)c1ccc2c(c1)C1(c3ccccc3-2)c2cc(C(=O)O)c(C(=O)O)cc2-c2cc(C(=O)O)c(C(=O)O)cc21. The van der Waals surface area contributed by atoms with E-state index in [9.17, 15) is 39.6 Å². The van der Waals surface area contributed by atoms with Gasteiger partial charge in [0.2, 0.25) is 0 Å². The molecule has 0 fully saturated rings. The number of aromatic carboxylic acids is 4. The summed E-state index contributed by atoms with van der Waals surface area (Å²) in [6, 6.07) is 18.8. The lowest BCUT2D eigenvalue weighted by molar-refractivity contribution is 0.0651. The van der Waals surface area contributed by atoms with Crippen molar-refractivity contribution in [2.24, 2.45) is 0 Å². The fraction of sp³-hybridized carbons (Fsp3) is 0.152. The minimum absolute atomic E-state index is 0.270. The van der Waals surface area contributed by atoms with Crippen LogP contribution in [0.15, 0.2) is 66.7 Å². The first kappa shape index (κ1) is 26.0. The number of fused-ring (bicyclic) bond motifs is 10. The topological polar surface area (TPSA) is 149 Å². The Morgan fingerprint density at radius 2 is 0.927 bits per heavy atom. The highest BCUT2D eigenvalue weighted by atomic mass is 16.4. The van der Waals surface area contributed by atoms with Crippen molar-refractivity contribution in [1.29, 1.82) is 0 Å². The summed E-state index contributed by atoms with van der Waals surface area (Å²) in [7, 11) is 0. The van der Waals surface area contributed by atoms with Crippen molar-refractivity contribution < 1.29 is 39.6 Å². The van der Waals surface area contributed by atoms with E-state index in [1.54, 1.807) is 0 Å². The van der Waals surface area contributed by atoms with E-state index < -0.39 is 51.5 Å². The lowest BCUT2D eigenvalue weighted by Gasteiger charge is -2.32. The van der Waals surface area contributed by atoms with Gasteiger partial charge < -0.3 is 20.4 Å². The van der Waals surface area contributed by atoms with Gasteiger partial charge in [0.15, 0.2) is 0 Å². The molecule has 0 heterocycles. The van der Waals surface area contributed by atoms with Gasteiger partial charge in [-0.25, -0.2) is 19.2 Å². The van der Waals surface area contributed by atoms with Crippen LogP contribution in [0.3, 0.4) is 0 Å². The van der Waals surface area contributed by atoms with Crippen molar-refractivity contribution in [1.82, 2.24) is 0 Å². The molecule has 2 aliphatic carbocycles. The summed E-state index contributed by atoms with van der Waals surface area (Å²) in [5.74, 6) is -5.75. The maximum Gasteiger partial charge on any atom is 0.336 e. The summed E-state index contributed by atoms with van der Waals surface area (Å²) >= 11 is 0. The molecule has 8 nitrogen and oxygen atoms in total. The van der Waals surface area contributed by atoms with Gasteiger partial charge in [0.25, 0.3) is 0 Å². The molecule has 0 unspecified atom stereocenters. The maximum absolute atomic E-state index is 12.3. The summed E-state index contributed by atoms with van der Waals surface area (Å²) in [5, 5.41) is 39.9. The molecular formula is C33H24O8. The first-order chi connectivity index (χ1) is 19.3. The highest BCUT2D eigenvalue weighted by Crippen LogP contribution is 2.63. The molecule has 2 aliphatic rings. The smallest absolute Gasteiger partial charge is 0.336 e. The van der Waals surface area contributed by atoms with Crippen LogP contribution in [0.25, 0.3) is 22.3 Å². The zero-order chi connectivity index (χ0) is 29.6. The van der Waals surface area contributed by atoms with E-state index in [1.165, 1.54) is 24.3 Å². The van der Waals surface area contributed by atoms with E-state index in [0.717, 1.165) is 27.8 Å². The van der Waals surface area contributed by atoms with Crippen LogP contribution in [0.5, 0.6) is 0 Å². The summed E-state index contributed by atoms with van der Waals surface area (Å²) in [4.78, 5) is 49.1. The lowest BCUT2D eigenvalue weighted by Crippen LogP contribution is -2.28. The second-order valence-corrected chi connectivity index (χ2v) is 11.4. The Bertz CT molecular complexity index is 1810. The quantitative estimate of drug-likeness (QED) is 0.206. The van der Waals surface area contributed by atoms with Crippen LogP contribution < -0.4 is 0 Å². The summed E-state index contributed by atoms with van der Waals surface area (Å²) < 4.78 is 0. The zero-order valence-electron chi connectivity index (χ0n) is 22.3. The van der Waals surface area contributed by atoms with E-state index in [0.29, 0.717) is 22.3 Å². The van der Waals surface area contributed by atoms with Crippen molar-refractivity contribution >= 4 is 23.9 Å². The van der Waals surface area contributed by atoms with E-state index in [1.807, 2.05) is 42.5 Å². The summed E-state index contributed by atoms with van der Waals surface area (Å²) in [6.07, 6.45) is 0. The standard InChI is InChI=1S/C33H24O8/c1-32(2,3)15-8-9-17-16-6-4-5-7-24(16)33(25(17)10-15)26-13-22(30(38)39)20(28(34)35)11-18(26)19-12-21(29(36)37)23(31(40)41)14-27(19)33/h4-14H,1-3H3,(H,34,35)(H,36,37)(H,38,39)(H,40,41). The van der Waals surface area contributed by atoms with E-state index >= 15 is 0 Å². The molecule has 0 radical (unpaired) electrons. The summed E-state index contributed by atoms with van der Waals surface area (Å²) in [5.41, 5.74) is 2.61. The van der Waals surface area contributed by atoms with Gasteiger partial charge in [0.05, 0.1) is 27.7 Å². The fourth-order valence-corrected chi connectivity index (χ4v) is 6.44. The Morgan fingerprint density at radius 1 is 0.512 bits per heavy atom. The molecule has 0 aliphatic heterocycles. The van der Waals surface area contributed by atoms with Gasteiger partial charge in [0, 0.05) is 0 Å². The molecule has 4 N–H and O–H groups in total. The van der Waals surface area contributed by atoms with Crippen molar-refractivity contribution in [2.45, 2.75) is 31.6 Å².